The van der Waals surface area contributed by atoms with Gasteiger partial charge < -0.3 is 10.1 Å². The monoisotopic (exact) mass is 285 g/mol. The maximum Gasteiger partial charge on any atom is 0.123 e. The Morgan fingerprint density at radius 2 is 2.14 bits per heavy atom. The van der Waals surface area contributed by atoms with Crippen molar-refractivity contribution in [3.63, 3.8) is 0 Å². The van der Waals surface area contributed by atoms with Crippen molar-refractivity contribution in [3.8, 4) is 5.75 Å². The minimum atomic E-state index is -0.200. The van der Waals surface area contributed by atoms with Gasteiger partial charge in [0.2, 0.25) is 0 Å². The topological polar surface area (TPSA) is 21.3 Å². The molecule has 2 nitrogen and oxygen atoms in total. The summed E-state index contributed by atoms with van der Waals surface area (Å²) in [5.74, 6) is 0.752. The van der Waals surface area contributed by atoms with Crippen LogP contribution in [-0.2, 0) is 13.0 Å². The Kier molecular flexibility index (Phi) is 3.93. The third kappa shape index (κ3) is 2.79. The van der Waals surface area contributed by atoms with E-state index in [0.717, 1.165) is 29.7 Å². The van der Waals surface area contributed by atoms with Gasteiger partial charge in [0.1, 0.15) is 18.2 Å². The lowest BCUT2D eigenvalue weighted by molar-refractivity contribution is 0.302. The molecule has 0 amide bonds. The van der Waals surface area contributed by atoms with Crippen molar-refractivity contribution in [2.75, 3.05) is 7.05 Å². The Hall–Kier alpha value is -1.87. The molecule has 1 aliphatic rings. The lowest BCUT2D eigenvalue weighted by atomic mass is 10.1. The lowest BCUT2D eigenvalue weighted by Gasteiger charge is -2.14. The first-order valence-electron chi connectivity index (χ1n) is 7.36. The van der Waals surface area contributed by atoms with Crippen molar-refractivity contribution in [1.29, 1.82) is 0 Å². The van der Waals surface area contributed by atoms with Gasteiger partial charge in [-0.05, 0) is 67.3 Å². The van der Waals surface area contributed by atoms with E-state index in [0.29, 0.717) is 12.6 Å². The molecular formula is C18H20FNO. The van der Waals surface area contributed by atoms with Crippen LogP contribution in [0.5, 0.6) is 5.75 Å². The van der Waals surface area contributed by atoms with Gasteiger partial charge in [-0.2, -0.15) is 0 Å². The van der Waals surface area contributed by atoms with E-state index < -0.39 is 0 Å². The molecule has 1 unspecified atom stereocenters. The van der Waals surface area contributed by atoms with E-state index in [1.165, 1.54) is 17.2 Å². The molecule has 0 fully saturated rings. The molecule has 0 saturated heterocycles. The number of hydrogen-bond acceptors (Lipinski definition) is 2. The van der Waals surface area contributed by atoms with Crippen LogP contribution in [0.15, 0.2) is 36.4 Å². The van der Waals surface area contributed by atoms with Crippen LogP contribution in [-0.4, -0.2) is 7.05 Å². The fourth-order valence-electron chi connectivity index (χ4n) is 3.03. The second kappa shape index (κ2) is 5.86. The molecule has 0 spiro atoms. The molecule has 3 rings (SSSR count). The average molecular weight is 285 g/mol. The van der Waals surface area contributed by atoms with E-state index in [-0.39, 0.29) is 5.82 Å². The molecule has 0 bridgehead atoms. The van der Waals surface area contributed by atoms with Crippen LogP contribution in [0.4, 0.5) is 4.39 Å². The predicted octanol–water partition coefficient (Wildman–Crippen LogP) is 3.92. The van der Waals surface area contributed by atoms with Crippen molar-refractivity contribution in [3.05, 3.63) is 64.5 Å². The minimum absolute atomic E-state index is 0.200. The van der Waals surface area contributed by atoms with Crippen molar-refractivity contribution in [2.24, 2.45) is 0 Å². The van der Waals surface area contributed by atoms with Crippen LogP contribution in [0.2, 0.25) is 0 Å². The standard InChI is InChI=1S/C18H20FNO/c1-12-10-14(19)7-6-13(12)11-21-18-5-3-4-15-16(18)8-9-17(15)20-2/h3-7,10,17,20H,8-9,11H2,1-2H3. The molecule has 0 radical (unpaired) electrons. The van der Waals surface area contributed by atoms with Gasteiger partial charge in [-0.25, -0.2) is 4.39 Å². The molecule has 1 atom stereocenters. The molecule has 0 aromatic heterocycles. The molecule has 1 aliphatic carbocycles. The number of aryl methyl sites for hydroxylation is 1. The van der Waals surface area contributed by atoms with E-state index >= 15 is 0 Å². The zero-order valence-corrected chi connectivity index (χ0v) is 12.4. The van der Waals surface area contributed by atoms with Crippen molar-refractivity contribution < 1.29 is 9.13 Å². The van der Waals surface area contributed by atoms with Crippen molar-refractivity contribution in [1.82, 2.24) is 5.32 Å². The van der Waals surface area contributed by atoms with Gasteiger partial charge >= 0.3 is 0 Å². The summed E-state index contributed by atoms with van der Waals surface area (Å²) in [6, 6.07) is 11.5. The van der Waals surface area contributed by atoms with Gasteiger partial charge in [0.25, 0.3) is 0 Å². The summed E-state index contributed by atoms with van der Waals surface area (Å²) in [6.07, 6.45) is 2.15. The molecule has 21 heavy (non-hydrogen) atoms. The van der Waals surface area contributed by atoms with Crippen LogP contribution < -0.4 is 10.1 Å². The van der Waals surface area contributed by atoms with Crippen molar-refractivity contribution >= 4 is 0 Å². The quantitative estimate of drug-likeness (QED) is 0.919. The molecule has 1 N–H and O–H groups in total. The zero-order valence-electron chi connectivity index (χ0n) is 12.4. The summed E-state index contributed by atoms with van der Waals surface area (Å²) in [5.41, 5.74) is 4.59. The normalized spacial score (nSPS) is 16.8. The fourth-order valence-corrected chi connectivity index (χ4v) is 3.03. The Morgan fingerprint density at radius 3 is 2.90 bits per heavy atom. The summed E-state index contributed by atoms with van der Waals surface area (Å²) in [5, 5.41) is 3.34. The van der Waals surface area contributed by atoms with E-state index in [1.807, 2.05) is 26.1 Å². The third-order valence-corrected chi connectivity index (χ3v) is 4.26. The molecule has 2 aromatic rings. The Bertz CT molecular complexity index is 654. The highest BCUT2D eigenvalue weighted by molar-refractivity contribution is 5.45. The Morgan fingerprint density at radius 1 is 1.29 bits per heavy atom. The SMILES string of the molecule is CNC1CCc2c(OCc3ccc(F)cc3C)cccc21. The van der Waals surface area contributed by atoms with Crippen LogP contribution in [0.25, 0.3) is 0 Å². The van der Waals surface area contributed by atoms with E-state index in [2.05, 4.69) is 11.4 Å². The fraction of sp³-hybridized carbons (Fsp3) is 0.333. The number of ether oxygens (including phenoxy) is 1. The molecule has 2 aromatic carbocycles. The maximum atomic E-state index is 13.1. The minimum Gasteiger partial charge on any atom is -0.489 e. The van der Waals surface area contributed by atoms with E-state index in [9.17, 15) is 4.39 Å². The van der Waals surface area contributed by atoms with Crippen molar-refractivity contribution in [2.45, 2.75) is 32.4 Å². The first-order chi connectivity index (χ1) is 10.2. The second-order valence-corrected chi connectivity index (χ2v) is 5.56. The predicted molar refractivity (Wildman–Crippen MR) is 82.0 cm³/mol. The molecule has 0 aliphatic heterocycles. The van der Waals surface area contributed by atoms with Crippen LogP contribution in [0.1, 0.15) is 34.7 Å². The maximum absolute atomic E-state index is 13.1. The Balaban J connectivity index is 1.79. The second-order valence-electron chi connectivity index (χ2n) is 5.56. The van der Waals surface area contributed by atoms with Crippen LogP contribution in [0.3, 0.4) is 0 Å². The molecule has 0 heterocycles. The first kappa shape index (κ1) is 14.1. The summed E-state index contributed by atoms with van der Waals surface area (Å²) in [6.45, 7) is 2.39. The highest BCUT2D eigenvalue weighted by atomic mass is 19.1. The largest absolute Gasteiger partial charge is 0.489 e. The molecule has 3 heteroatoms. The molecule has 110 valence electrons. The van der Waals surface area contributed by atoms with Gasteiger partial charge in [0.05, 0.1) is 0 Å². The number of halogens is 1. The summed E-state index contributed by atoms with van der Waals surface area (Å²) >= 11 is 0. The van der Waals surface area contributed by atoms with Gasteiger partial charge in [-0.15, -0.1) is 0 Å². The lowest BCUT2D eigenvalue weighted by Crippen LogP contribution is -2.12. The zero-order chi connectivity index (χ0) is 14.8. The number of hydrogen-bond donors (Lipinski definition) is 1. The van der Waals surface area contributed by atoms with Crippen LogP contribution in [0, 0.1) is 12.7 Å². The highest BCUT2D eigenvalue weighted by Gasteiger charge is 2.23. The average Bonchev–Trinajstić information content (AvgIpc) is 2.90. The van der Waals surface area contributed by atoms with E-state index in [4.69, 9.17) is 4.74 Å². The van der Waals surface area contributed by atoms with E-state index in [1.54, 1.807) is 12.1 Å². The third-order valence-electron chi connectivity index (χ3n) is 4.26. The molecular weight excluding hydrogens is 265 g/mol. The van der Waals surface area contributed by atoms with Gasteiger partial charge in [0, 0.05) is 6.04 Å². The smallest absolute Gasteiger partial charge is 0.123 e. The number of fused-ring (bicyclic) bond motifs is 1. The number of rotatable bonds is 4. The summed E-state index contributed by atoms with van der Waals surface area (Å²) < 4.78 is 19.1. The van der Waals surface area contributed by atoms with Gasteiger partial charge in [-0.1, -0.05) is 18.2 Å². The summed E-state index contributed by atoms with van der Waals surface area (Å²) in [7, 11) is 2.00. The first-order valence-corrected chi connectivity index (χ1v) is 7.36. The van der Waals surface area contributed by atoms with Gasteiger partial charge in [-0.3, -0.25) is 0 Å². The summed E-state index contributed by atoms with van der Waals surface area (Å²) in [4.78, 5) is 0. The molecule has 0 saturated carbocycles. The van der Waals surface area contributed by atoms with Gasteiger partial charge in [0.15, 0.2) is 0 Å². The van der Waals surface area contributed by atoms with Crippen LogP contribution >= 0.6 is 0 Å². The number of nitrogens with one attached hydrogen (secondary N) is 1. The number of benzene rings is 2. The highest BCUT2D eigenvalue weighted by Crippen LogP contribution is 2.36. The Labute approximate surface area is 125 Å².